The van der Waals surface area contributed by atoms with Crippen molar-refractivity contribution < 1.29 is 0 Å². The molecule has 0 aromatic rings. The molecule has 0 unspecified atom stereocenters. The van der Waals surface area contributed by atoms with Crippen LogP contribution in [0.1, 0.15) is 44.9 Å². The summed E-state index contributed by atoms with van der Waals surface area (Å²) in [6.45, 7) is 4.10. The van der Waals surface area contributed by atoms with Crippen LogP contribution < -0.4 is 0 Å². The molecule has 16 heavy (non-hydrogen) atoms. The quantitative estimate of drug-likeness (QED) is 0.707. The lowest BCUT2D eigenvalue weighted by Crippen LogP contribution is -2.53. The van der Waals surface area contributed by atoms with E-state index in [4.69, 9.17) is 0 Å². The molecule has 2 bridgehead atoms. The average molecular weight is 222 g/mol. The highest BCUT2D eigenvalue weighted by molar-refractivity contribution is 4.90. The minimum absolute atomic E-state index is 0.855. The number of fused-ring (bicyclic) bond motifs is 3. The van der Waals surface area contributed by atoms with Gasteiger partial charge in [0.15, 0.2) is 0 Å². The number of hydrogen-bond donors (Lipinski definition) is 0. The molecule has 0 aromatic heterocycles. The largest absolute Gasteiger partial charge is 0.302 e. The van der Waals surface area contributed by atoms with E-state index in [0.717, 1.165) is 18.0 Å². The zero-order valence-electron chi connectivity index (χ0n) is 10.7. The van der Waals surface area contributed by atoms with Crippen molar-refractivity contribution in [2.75, 3.05) is 26.7 Å². The minimum atomic E-state index is 0.855. The van der Waals surface area contributed by atoms with Gasteiger partial charge in [0.1, 0.15) is 0 Å². The number of piperidine rings is 3. The molecule has 3 heterocycles. The summed E-state index contributed by atoms with van der Waals surface area (Å²) in [6, 6.07) is 1.80. The summed E-state index contributed by atoms with van der Waals surface area (Å²) in [4.78, 5) is 5.43. The van der Waals surface area contributed by atoms with Crippen LogP contribution in [0.4, 0.5) is 0 Å². The predicted molar refractivity (Wildman–Crippen MR) is 67.6 cm³/mol. The lowest BCUT2D eigenvalue weighted by molar-refractivity contribution is 0.0199. The average Bonchev–Trinajstić information content (AvgIpc) is 2.34. The fraction of sp³-hybridized carbons (Fsp3) is 1.00. The Hall–Kier alpha value is -0.0800. The van der Waals surface area contributed by atoms with Crippen molar-refractivity contribution in [3.05, 3.63) is 0 Å². The number of likely N-dealkylation sites (N-methyl/N-ethyl adjacent to an activating group) is 1. The van der Waals surface area contributed by atoms with Crippen LogP contribution in [0.2, 0.25) is 0 Å². The van der Waals surface area contributed by atoms with E-state index >= 15 is 0 Å². The molecule has 0 amide bonds. The molecular formula is C14H26N2. The topological polar surface area (TPSA) is 6.48 Å². The monoisotopic (exact) mass is 222 g/mol. The van der Waals surface area contributed by atoms with Gasteiger partial charge in [-0.1, -0.05) is 6.42 Å². The molecule has 2 nitrogen and oxygen atoms in total. The molecule has 3 aliphatic heterocycles. The van der Waals surface area contributed by atoms with E-state index in [9.17, 15) is 0 Å². The van der Waals surface area contributed by atoms with Gasteiger partial charge >= 0.3 is 0 Å². The van der Waals surface area contributed by atoms with Crippen LogP contribution in [0, 0.1) is 5.92 Å². The van der Waals surface area contributed by atoms with E-state index in [1.807, 2.05) is 0 Å². The minimum Gasteiger partial charge on any atom is -0.302 e. The van der Waals surface area contributed by atoms with Gasteiger partial charge in [-0.3, -0.25) is 4.90 Å². The molecule has 0 N–H and O–H groups in total. The zero-order valence-corrected chi connectivity index (χ0v) is 10.7. The van der Waals surface area contributed by atoms with Gasteiger partial charge in [-0.15, -0.1) is 0 Å². The molecule has 0 spiro atoms. The van der Waals surface area contributed by atoms with Crippen molar-refractivity contribution in [1.29, 1.82) is 0 Å². The second-order valence-corrected chi connectivity index (χ2v) is 6.26. The maximum absolute atomic E-state index is 2.82. The van der Waals surface area contributed by atoms with E-state index in [0.29, 0.717) is 0 Å². The van der Waals surface area contributed by atoms with Crippen LogP contribution in [0.15, 0.2) is 0 Å². The normalized spacial score (nSPS) is 41.4. The molecule has 1 atom stereocenters. The zero-order chi connectivity index (χ0) is 11.0. The summed E-state index contributed by atoms with van der Waals surface area (Å²) in [5.41, 5.74) is 0. The first-order chi connectivity index (χ1) is 7.83. The van der Waals surface area contributed by atoms with Crippen molar-refractivity contribution >= 4 is 0 Å². The maximum atomic E-state index is 2.82. The first-order valence-electron chi connectivity index (χ1n) is 7.27. The van der Waals surface area contributed by atoms with Gasteiger partial charge in [0.2, 0.25) is 0 Å². The van der Waals surface area contributed by atoms with E-state index in [-0.39, 0.29) is 0 Å². The van der Waals surface area contributed by atoms with Crippen LogP contribution in [-0.4, -0.2) is 48.6 Å². The molecular weight excluding hydrogens is 196 g/mol. The molecule has 2 heteroatoms. The van der Waals surface area contributed by atoms with Crippen LogP contribution >= 0.6 is 0 Å². The Morgan fingerprint density at radius 1 is 1.00 bits per heavy atom. The molecule has 0 radical (unpaired) electrons. The van der Waals surface area contributed by atoms with Crippen LogP contribution in [0.25, 0.3) is 0 Å². The Bertz CT molecular complexity index is 233. The van der Waals surface area contributed by atoms with Gasteiger partial charge in [0.05, 0.1) is 0 Å². The van der Waals surface area contributed by atoms with Gasteiger partial charge in [0.25, 0.3) is 0 Å². The molecule has 0 aromatic carbocycles. The molecule has 4 aliphatic rings. The van der Waals surface area contributed by atoms with Gasteiger partial charge in [-0.2, -0.15) is 0 Å². The Kier molecular flexibility index (Phi) is 3.21. The SMILES string of the molecule is CN1CCCC[C@H]1CN1CC2CCC1CC2. The molecule has 3 saturated heterocycles. The number of likely N-dealkylation sites (tertiary alicyclic amines) is 1. The van der Waals surface area contributed by atoms with Crippen molar-refractivity contribution in [2.24, 2.45) is 5.92 Å². The summed E-state index contributed by atoms with van der Waals surface area (Å²) in [7, 11) is 2.33. The highest BCUT2D eigenvalue weighted by atomic mass is 15.2. The van der Waals surface area contributed by atoms with Gasteiger partial charge in [-0.25, -0.2) is 0 Å². The van der Waals surface area contributed by atoms with Crippen molar-refractivity contribution in [3.63, 3.8) is 0 Å². The fourth-order valence-electron chi connectivity index (χ4n) is 4.04. The van der Waals surface area contributed by atoms with E-state index in [1.165, 1.54) is 64.6 Å². The summed E-state index contributed by atoms with van der Waals surface area (Å²) in [5.74, 6) is 1.04. The molecule has 1 aliphatic carbocycles. The Morgan fingerprint density at radius 2 is 1.81 bits per heavy atom. The van der Waals surface area contributed by atoms with E-state index in [1.54, 1.807) is 0 Å². The van der Waals surface area contributed by atoms with Crippen molar-refractivity contribution in [1.82, 2.24) is 9.80 Å². The standard InChI is InChI=1S/C14H26N2/c1-15-9-3-2-4-14(15)11-16-10-12-5-7-13(16)8-6-12/h12-14H,2-11H2,1H3/t12?,13?,14-/m0/s1. The van der Waals surface area contributed by atoms with E-state index in [2.05, 4.69) is 16.8 Å². The Balaban J connectivity index is 1.57. The van der Waals surface area contributed by atoms with Crippen LogP contribution in [0.5, 0.6) is 0 Å². The first-order valence-corrected chi connectivity index (χ1v) is 7.27. The summed E-state index contributed by atoms with van der Waals surface area (Å²) < 4.78 is 0. The summed E-state index contributed by atoms with van der Waals surface area (Å²) in [5, 5.41) is 0. The van der Waals surface area contributed by atoms with Gasteiger partial charge in [-0.05, 0) is 58.0 Å². The highest BCUT2D eigenvalue weighted by Gasteiger charge is 2.35. The third-order valence-electron chi connectivity index (χ3n) is 5.19. The molecule has 4 fully saturated rings. The Labute approximate surface area is 100.0 Å². The van der Waals surface area contributed by atoms with Crippen LogP contribution in [-0.2, 0) is 0 Å². The second-order valence-electron chi connectivity index (χ2n) is 6.26. The smallest absolute Gasteiger partial charge is 0.0220 e. The van der Waals surface area contributed by atoms with Crippen molar-refractivity contribution in [2.45, 2.75) is 57.0 Å². The lowest BCUT2D eigenvalue weighted by atomic mass is 9.79. The van der Waals surface area contributed by atoms with Gasteiger partial charge in [0, 0.05) is 25.2 Å². The summed E-state index contributed by atoms with van der Waals surface area (Å²) in [6.07, 6.45) is 10.3. The predicted octanol–water partition coefficient (Wildman–Crippen LogP) is 2.35. The molecule has 1 saturated carbocycles. The lowest BCUT2D eigenvalue weighted by Gasteiger charge is -2.48. The molecule has 4 rings (SSSR count). The van der Waals surface area contributed by atoms with Crippen LogP contribution in [0.3, 0.4) is 0 Å². The number of hydrogen-bond acceptors (Lipinski definition) is 2. The fourth-order valence-corrected chi connectivity index (χ4v) is 4.04. The number of nitrogens with zero attached hydrogens (tertiary/aromatic N) is 2. The molecule has 92 valence electrons. The van der Waals surface area contributed by atoms with E-state index < -0.39 is 0 Å². The second kappa shape index (κ2) is 4.66. The third-order valence-corrected chi connectivity index (χ3v) is 5.19. The van der Waals surface area contributed by atoms with Gasteiger partial charge < -0.3 is 4.90 Å². The highest BCUT2D eigenvalue weighted by Crippen LogP contribution is 2.35. The van der Waals surface area contributed by atoms with Crippen molar-refractivity contribution in [3.8, 4) is 0 Å². The maximum Gasteiger partial charge on any atom is 0.0220 e. The Morgan fingerprint density at radius 3 is 2.44 bits per heavy atom. The summed E-state index contributed by atoms with van der Waals surface area (Å²) >= 11 is 0. The first kappa shape index (κ1) is 11.0. The third kappa shape index (κ3) is 2.14. The number of rotatable bonds is 2.